The zero-order valence-corrected chi connectivity index (χ0v) is 22.0. The molecular weight excluding hydrogens is 509 g/mol. The lowest BCUT2D eigenvalue weighted by Crippen LogP contribution is -2.44. The number of alkyl halides is 3. The molecule has 4 rings (SSSR count). The van der Waals surface area contributed by atoms with Gasteiger partial charge in [-0.3, -0.25) is 9.78 Å². The van der Waals surface area contributed by atoms with Gasteiger partial charge in [0, 0.05) is 18.1 Å². The van der Waals surface area contributed by atoms with E-state index in [9.17, 15) is 28.2 Å². The van der Waals surface area contributed by atoms with Gasteiger partial charge in [-0.25, -0.2) is 0 Å². The first-order valence-electron chi connectivity index (χ1n) is 13.4. The minimum absolute atomic E-state index is 0.0406. The summed E-state index contributed by atoms with van der Waals surface area (Å²) >= 11 is 0. The molecule has 2 N–H and O–H groups in total. The third-order valence-electron chi connectivity index (χ3n) is 7.75. The lowest BCUT2D eigenvalue weighted by molar-refractivity contribution is -0.146. The van der Waals surface area contributed by atoms with Crippen LogP contribution in [0.25, 0.3) is 10.9 Å². The highest BCUT2D eigenvalue weighted by molar-refractivity contribution is 5.83. The summed E-state index contributed by atoms with van der Waals surface area (Å²) in [5.74, 6) is -0.718. The van der Waals surface area contributed by atoms with Crippen LogP contribution in [-0.2, 0) is 17.4 Å². The van der Waals surface area contributed by atoms with Crippen LogP contribution in [0.4, 0.5) is 13.2 Å². The van der Waals surface area contributed by atoms with Crippen molar-refractivity contribution in [1.29, 1.82) is 0 Å². The minimum atomic E-state index is -4.35. The maximum absolute atomic E-state index is 12.9. The summed E-state index contributed by atoms with van der Waals surface area (Å²) in [5.41, 5.74) is 1.54. The number of aliphatic hydroxyl groups excluding tert-OH is 1. The fourth-order valence-electron chi connectivity index (χ4n) is 5.56. The second-order valence-electron chi connectivity index (χ2n) is 10.3. The van der Waals surface area contributed by atoms with E-state index in [-0.39, 0.29) is 5.92 Å². The number of hydrogen-bond acceptors (Lipinski definition) is 5. The number of unbranched alkanes of at least 4 members (excludes halogenated alkanes) is 1. The van der Waals surface area contributed by atoms with Crippen molar-refractivity contribution in [3.63, 3.8) is 0 Å². The summed E-state index contributed by atoms with van der Waals surface area (Å²) in [5, 5.41) is 21.7. The Hall–Kier alpha value is -3.17. The molecule has 0 radical (unpaired) electrons. The molecule has 6 nitrogen and oxygen atoms in total. The van der Waals surface area contributed by atoms with Crippen molar-refractivity contribution < 1.29 is 32.9 Å². The quantitative estimate of drug-likeness (QED) is 0.283. The number of fused-ring (bicyclic) bond motifs is 1. The molecule has 39 heavy (non-hydrogen) atoms. The van der Waals surface area contributed by atoms with Gasteiger partial charge in [0.05, 0.1) is 30.2 Å². The third kappa shape index (κ3) is 7.48. The summed E-state index contributed by atoms with van der Waals surface area (Å²) < 4.78 is 44.1. The molecule has 1 aliphatic rings. The number of pyridine rings is 1. The Morgan fingerprint density at radius 3 is 2.74 bits per heavy atom. The van der Waals surface area contributed by atoms with E-state index in [2.05, 4.69) is 9.88 Å². The van der Waals surface area contributed by atoms with Gasteiger partial charge in [0.1, 0.15) is 5.75 Å². The van der Waals surface area contributed by atoms with Gasteiger partial charge < -0.3 is 19.8 Å². The Kier molecular flexibility index (Phi) is 9.45. The van der Waals surface area contributed by atoms with Crippen LogP contribution in [0.2, 0.25) is 0 Å². The Labute approximate surface area is 226 Å². The fourth-order valence-corrected chi connectivity index (χ4v) is 5.56. The summed E-state index contributed by atoms with van der Waals surface area (Å²) in [6.07, 6.45) is 0.405. The molecule has 1 saturated heterocycles. The number of nitrogens with zero attached hydrogens (tertiary/aromatic N) is 2. The normalized spacial score (nSPS) is 19.2. The molecule has 1 unspecified atom stereocenters. The molecule has 0 bridgehead atoms. The number of aromatic nitrogens is 1. The van der Waals surface area contributed by atoms with Crippen LogP contribution in [0.3, 0.4) is 0 Å². The first-order valence-corrected chi connectivity index (χ1v) is 13.4. The molecule has 1 aromatic heterocycles. The van der Waals surface area contributed by atoms with Crippen molar-refractivity contribution in [2.24, 2.45) is 11.8 Å². The number of carboxylic acid groups (broad SMARTS) is 1. The van der Waals surface area contributed by atoms with E-state index in [1.165, 1.54) is 12.1 Å². The van der Waals surface area contributed by atoms with E-state index in [1.807, 2.05) is 18.2 Å². The standard InChI is InChI=1S/C30H35F3N2O4/c1-39-23-9-10-27-25(18-23)24(12-14-34-27)28(36)11-8-21-13-16-35(19-26(21)29(37)38)15-3-2-5-20-6-4-7-22(17-20)30(31,32)33/h4,6-7,9-10,12,14,17-18,21,26,28,36H,2-3,5,8,11,13,15-16,19H2,1H3,(H,37,38)/t21-,26+,28?/m1/s1. The third-order valence-corrected chi connectivity index (χ3v) is 7.75. The average Bonchev–Trinajstić information content (AvgIpc) is 2.93. The van der Waals surface area contributed by atoms with E-state index >= 15 is 0 Å². The predicted octanol–water partition coefficient (Wildman–Crippen LogP) is 6.12. The highest BCUT2D eigenvalue weighted by Crippen LogP contribution is 2.34. The number of carbonyl (C=O) groups is 1. The highest BCUT2D eigenvalue weighted by Gasteiger charge is 2.34. The number of piperidine rings is 1. The van der Waals surface area contributed by atoms with E-state index in [0.29, 0.717) is 43.7 Å². The molecular formula is C30H35F3N2O4. The maximum Gasteiger partial charge on any atom is 0.416 e. The summed E-state index contributed by atoms with van der Waals surface area (Å²) in [6, 6.07) is 12.7. The SMILES string of the molecule is COc1ccc2nccc(C(O)CC[C@@H]3CCN(CCCCc4cccc(C(F)(F)F)c4)C[C@@H]3C(=O)O)c2c1. The summed E-state index contributed by atoms with van der Waals surface area (Å²) in [6.45, 7) is 1.92. The van der Waals surface area contributed by atoms with Crippen molar-refractivity contribution in [2.45, 2.75) is 50.8 Å². The van der Waals surface area contributed by atoms with Crippen LogP contribution in [0.5, 0.6) is 5.75 Å². The van der Waals surface area contributed by atoms with E-state index in [4.69, 9.17) is 4.74 Å². The molecule has 2 heterocycles. The van der Waals surface area contributed by atoms with Gasteiger partial charge in [0.25, 0.3) is 0 Å². The van der Waals surface area contributed by atoms with Gasteiger partial charge in [-0.1, -0.05) is 18.2 Å². The molecule has 1 fully saturated rings. The number of carboxylic acids is 1. The number of aliphatic hydroxyl groups is 1. The van der Waals surface area contributed by atoms with Gasteiger partial charge in [0.2, 0.25) is 0 Å². The van der Waals surface area contributed by atoms with E-state index < -0.39 is 29.7 Å². The number of aliphatic carboxylic acids is 1. The lowest BCUT2D eigenvalue weighted by atomic mass is 9.81. The molecule has 0 spiro atoms. The van der Waals surface area contributed by atoms with Gasteiger partial charge in [-0.05, 0) is 99.0 Å². The highest BCUT2D eigenvalue weighted by atomic mass is 19.4. The number of ether oxygens (including phenoxy) is 1. The molecule has 0 saturated carbocycles. The molecule has 3 aromatic rings. The molecule has 9 heteroatoms. The number of rotatable bonds is 11. The van der Waals surface area contributed by atoms with Crippen LogP contribution in [0, 0.1) is 11.8 Å². The van der Waals surface area contributed by atoms with Crippen molar-refractivity contribution in [3.05, 3.63) is 71.4 Å². The first kappa shape index (κ1) is 28.8. The number of benzene rings is 2. The Balaban J connectivity index is 1.28. The summed E-state index contributed by atoms with van der Waals surface area (Å²) in [4.78, 5) is 18.6. The van der Waals surface area contributed by atoms with E-state index in [0.717, 1.165) is 48.3 Å². The summed E-state index contributed by atoms with van der Waals surface area (Å²) in [7, 11) is 1.59. The number of halogens is 3. The molecule has 2 aromatic carbocycles. The average molecular weight is 545 g/mol. The number of methoxy groups -OCH3 is 1. The Bertz CT molecular complexity index is 1270. The van der Waals surface area contributed by atoms with Crippen LogP contribution in [-0.4, -0.2) is 52.8 Å². The molecule has 3 atom stereocenters. The second-order valence-corrected chi connectivity index (χ2v) is 10.3. The topological polar surface area (TPSA) is 82.9 Å². The zero-order chi connectivity index (χ0) is 28.0. The number of aryl methyl sites for hydroxylation is 1. The lowest BCUT2D eigenvalue weighted by Gasteiger charge is -2.37. The number of hydrogen-bond donors (Lipinski definition) is 2. The maximum atomic E-state index is 12.9. The zero-order valence-electron chi connectivity index (χ0n) is 22.0. The monoisotopic (exact) mass is 544 g/mol. The Morgan fingerprint density at radius 2 is 2.00 bits per heavy atom. The fraction of sp³-hybridized carbons (Fsp3) is 0.467. The number of likely N-dealkylation sites (tertiary alicyclic amines) is 1. The van der Waals surface area contributed by atoms with Crippen LogP contribution in [0.15, 0.2) is 54.7 Å². The van der Waals surface area contributed by atoms with E-state index in [1.54, 1.807) is 25.4 Å². The predicted molar refractivity (Wildman–Crippen MR) is 143 cm³/mol. The largest absolute Gasteiger partial charge is 0.497 e. The van der Waals surface area contributed by atoms with Gasteiger partial charge in [-0.2, -0.15) is 13.2 Å². The molecule has 1 aliphatic heterocycles. The molecule has 210 valence electrons. The van der Waals surface area contributed by atoms with Crippen molar-refractivity contribution in [1.82, 2.24) is 9.88 Å². The van der Waals surface area contributed by atoms with Crippen LogP contribution in [0.1, 0.15) is 54.9 Å². The first-order chi connectivity index (χ1) is 18.7. The van der Waals surface area contributed by atoms with Crippen molar-refractivity contribution in [2.75, 3.05) is 26.7 Å². The van der Waals surface area contributed by atoms with Gasteiger partial charge in [-0.15, -0.1) is 0 Å². The molecule has 0 amide bonds. The Morgan fingerprint density at radius 1 is 1.18 bits per heavy atom. The van der Waals surface area contributed by atoms with Crippen molar-refractivity contribution in [3.8, 4) is 5.75 Å². The van der Waals surface area contributed by atoms with Gasteiger partial charge >= 0.3 is 12.1 Å². The second kappa shape index (κ2) is 12.8. The van der Waals surface area contributed by atoms with Crippen LogP contribution < -0.4 is 4.74 Å². The van der Waals surface area contributed by atoms with Crippen LogP contribution >= 0.6 is 0 Å². The minimum Gasteiger partial charge on any atom is -0.497 e. The smallest absolute Gasteiger partial charge is 0.416 e. The van der Waals surface area contributed by atoms with Gasteiger partial charge in [0.15, 0.2) is 0 Å². The van der Waals surface area contributed by atoms with Crippen molar-refractivity contribution >= 4 is 16.9 Å². The molecule has 0 aliphatic carbocycles.